The maximum absolute atomic E-state index is 9.04. The lowest BCUT2D eigenvalue weighted by atomic mass is 10.1. The summed E-state index contributed by atoms with van der Waals surface area (Å²) in [5, 5.41) is 9.04. The molecule has 1 atom stereocenters. The van der Waals surface area contributed by atoms with Gasteiger partial charge < -0.3 is 10.0 Å². The molecule has 1 N–H and O–H groups in total. The third kappa shape index (κ3) is 8.45. The van der Waals surface area contributed by atoms with E-state index in [9.17, 15) is 0 Å². The predicted octanol–water partition coefficient (Wildman–Crippen LogP) is 2.79. The number of likely N-dealkylation sites (tertiary alicyclic amines) is 1. The van der Waals surface area contributed by atoms with E-state index in [4.69, 9.17) is 5.11 Å². The molecule has 1 saturated heterocycles. The Hall–Kier alpha value is -0.860. The van der Waals surface area contributed by atoms with Gasteiger partial charge in [0.1, 0.15) is 0 Å². The monoisotopic (exact) mass is 223 g/mol. The highest BCUT2D eigenvalue weighted by atomic mass is 16.3. The largest absolute Gasteiger partial charge is 0.392 e. The molecule has 1 heterocycles. The fourth-order valence-corrected chi connectivity index (χ4v) is 1.52. The van der Waals surface area contributed by atoms with Crippen LogP contribution in [-0.4, -0.2) is 36.2 Å². The lowest BCUT2D eigenvalue weighted by Crippen LogP contribution is -2.34. The Bertz CT molecular complexity index is 191. The molecule has 92 valence electrons. The minimum Gasteiger partial charge on any atom is -0.392 e. The summed E-state index contributed by atoms with van der Waals surface area (Å²) in [5.74, 6) is 0. The molecular weight excluding hydrogens is 198 g/mol. The van der Waals surface area contributed by atoms with E-state index in [1.54, 1.807) is 0 Å². The van der Waals surface area contributed by atoms with Crippen molar-refractivity contribution in [2.45, 2.75) is 32.8 Å². The Balaban J connectivity index is 0.000000251. The van der Waals surface area contributed by atoms with Crippen molar-refractivity contribution < 1.29 is 5.11 Å². The van der Waals surface area contributed by atoms with Gasteiger partial charge in [-0.15, -0.1) is 0 Å². The first kappa shape index (κ1) is 15.1. The summed E-state index contributed by atoms with van der Waals surface area (Å²) >= 11 is 0. The molecule has 1 aromatic rings. The summed E-state index contributed by atoms with van der Waals surface area (Å²) in [6, 6.07) is 12.0. The SMILES string of the molecule is CC.CN1CCC[C@H](O)C1.c1ccccc1. The maximum atomic E-state index is 9.04. The van der Waals surface area contributed by atoms with E-state index in [-0.39, 0.29) is 6.10 Å². The molecule has 0 aliphatic carbocycles. The van der Waals surface area contributed by atoms with Crippen molar-refractivity contribution in [3.63, 3.8) is 0 Å². The van der Waals surface area contributed by atoms with Gasteiger partial charge >= 0.3 is 0 Å². The van der Waals surface area contributed by atoms with Crippen molar-refractivity contribution in [2.24, 2.45) is 0 Å². The van der Waals surface area contributed by atoms with E-state index in [0.717, 1.165) is 25.9 Å². The molecule has 2 heteroatoms. The van der Waals surface area contributed by atoms with Crippen LogP contribution in [0.3, 0.4) is 0 Å². The first-order chi connectivity index (χ1) is 7.79. The van der Waals surface area contributed by atoms with Crippen molar-refractivity contribution in [3.05, 3.63) is 36.4 Å². The minimum absolute atomic E-state index is 0.0613. The molecule has 0 bridgehead atoms. The Kier molecular flexibility index (Phi) is 10.1. The number of aliphatic hydroxyl groups is 1. The van der Waals surface area contributed by atoms with Crippen molar-refractivity contribution in [1.29, 1.82) is 0 Å². The van der Waals surface area contributed by atoms with Gasteiger partial charge in [0, 0.05) is 6.54 Å². The van der Waals surface area contributed by atoms with Crippen LogP contribution in [0.4, 0.5) is 0 Å². The fourth-order valence-electron chi connectivity index (χ4n) is 1.52. The minimum atomic E-state index is -0.0613. The smallest absolute Gasteiger partial charge is 0.0667 e. The van der Waals surface area contributed by atoms with Gasteiger partial charge in [-0.05, 0) is 26.4 Å². The number of rotatable bonds is 0. The Morgan fingerprint density at radius 3 is 1.69 bits per heavy atom. The molecule has 2 nitrogen and oxygen atoms in total. The van der Waals surface area contributed by atoms with E-state index in [2.05, 4.69) is 4.90 Å². The zero-order chi connectivity index (χ0) is 12.2. The lowest BCUT2D eigenvalue weighted by molar-refractivity contribution is 0.0846. The highest BCUT2D eigenvalue weighted by molar-refractivity contribution is 4.99. The number of hydrogen-bond donors (Lipinski definition) is 1. The second-order valence-electron chi connectivity index (χ2n) is 3.71. The lowest BCUT2D eigenvalue weighted by Gasteiger charge is -2.25. The third-order valence-electron chi connectivity index (χ3n) is 2.27. The fraction of sp³-hybridized carbons (Fsp3) is 0.571. The third-order valence-corrected chi connectivity index (χ3v) is 2.27. The van der Waals surface area contributed by atoms with Crippen LogP contribution >= 0.6 is 0 Å². The standard InChI is InChI=1S/C6H13NO.C6H6.C2H6/c1-7-4-2-3-6(8)5-7;1-2-4-6-5-3-1;1-2/h6,8H,2-5H2,1H3;1-6H;1-2H3/t6-;;/m0../s1. The zero-order valence-electron chi connectivity index (χ0n) is 10.8. The van der Waals surface area contributed by atoms with Gasteiger partial charge in [-0.3, -0.25) is 0 Å². The number of aliphatic hydroxyl groups excluding tert-OH is 1. The number of likely N-dealkylation sites (N-methyl/N-ethyl adjacent to an activating group) is 1. The molecule has 0 amide bonds. The second-order valence-corrected chi connectivity index (χ2v) is 3.71. The van der Waals surface area contributed by atoms with Crippen LogP contribution in [0.5, 0.6) is 0 Å². The second kappa shape index (κ2) is 10.7. The van der Waals surface area contributed by atoms with E-state index in [0.29, 0.717) is 0 Å². The zero-order valence-corrected chi connectivity index (χ0v) is 10.8. The molecule has 1 fully saturated rings. The van der Waals surface area contributed by atoms with Crippen LogP contribution < -0.4 is 0 Å². The summed E-state index contributed by atoms with van der Waals surface area (Å²) in [6.07, 6.45) is 2.08. The van der Waals surface area contributed by atoms with E-state index >= 15 is 0 Å². The molecule has 0 spiro atoms. The molecule has 0 aromatic heterocycles. The van der Waals surface area contributed by atoms with Gasteiger partial charge in [0.15, 0.2) is 0 Å². The molecule has 1 aliphatic heterocycles. The Morgan fingerprint density at radius 1 is 1.00 bits per heavy atom. The van der Waals surface area contributed by atoms with Crippen molar-refractivity contribution in [2.75, 3.05) is 20.1 Å². The van der Waals surface area contributed by atoms with E-state index in [1.807, 2.05) is 57.3 Å². The number of β-amino-alcohol motifs (C(OH)–C–C–N with tert-alkyl or cyclic N) is 1. The average molecular weight is 223 g/mol. The molecule has 1 aliphatic rings. The van der Waals surface area contributed by atoms with Crippen LogP contribution in [0.25, 0.3) is 0 Å². The quantitative estimate of drug-likeness (QED) is 0.731. The first-order valence-electron chi connectivity index (χ1n) is 6.15. The number of nitrogens with zero attached hydrogens (tertiary/aromatic N) is 1. The van der Waals surface area contributed by atoms with Crippen molar-refractivity contribution in [1.82, 2.24) is 4.90 Å². The van der Waals surface area contributed by atoms with Crippen LogP contribution in [-0.2, 0) is 0 Å². The van der Waals surface area contributed by atoms with Crippen molar-refractivity contribution in [3.8, 4) is 0 Å². The van der Waals surface area contributed by atoms with E-state index in [1.165, 1.54) is 0 Å². The van der Waals surface area contributed by atoms with Gasteiger partial charge in [-0.25, -0.2) is 0 Å². The van der Waals surface area contributed by atoms with Crippen molar-refractivity contribution >= 4 is 0 Å². The van der Waals surface area contributed by atoms with Crippen LogP contribution in [0.15, 0.2) is 36.4 Å². The van der Waals surface area contributed by atoms with Crippen LogP contribution in [0, 0.1) is 0 Å². The summed E-state index contributed by atoms with van der Waals surface area (Å²) in [7, 11) is 2.04. The van der Waals surface area contributed by atoms with Gasteiger partial charge in [0.25, 0.3) is 0 Å². The van der Waals surface area contributed by atoms with Gasteiger partial charge in [0.2, 0.25) is 0 Å². The molecule has 0 saturated carbocycles. The molecule has 0 unspecified atom stereocenters. The first-order valence-corrected chi connectivity index (χ1v) is 6.15. The highest BCUT2D eigenvalue weighted by Gasteiger charge is 2.12. The summed E-state index contributed by atoms with van der Waals surface area (Å²) in [6.45, 7) is 6.01. The predicted molar refractivity (Wildman–Crippen MR) is 70.5 cm³/mol. The summed E-state index contributed by atoms with van der Waals surface area (Å²) in [5.41, 5.74) is 0. The average Bonchev–Trinajstić information content (AvgIpc) is 2.34. The molecule has 0 radical (unpaired) electrons. The number of hydrogen-bond acceptors (Lipinski definition) is 2. The Labute approximate surface area is 99.9 Å². The molecule has 1 aromatic carbocycles. The van der Waals surface area contributed by atoms with Gasteiger partial charge in [-0.1, -0.05) is 50.2 Å². The number of piperidine rings is 1. The number of benzene rings is 1. The molecule has 2 rings (SSSR count). The highest BCUT2D eigenvalue weighted by Crippen LogP contribution is 2.06. The van der Waals surface area contributed by atoms with E-state index < -0.39 is 0 Å². The van der Waals surface area contributed by atoms with Gasteiger partial charge in [0.05, 0.1) is 6.10 Å². The van der Waals surface area contributed by atoms with Crippen LogP contribution in [0.2, 0.25) is 0 Å². The van der Waals surface area contributed by atoms with Crippen LogP contribution in [0.1, 0.15) is 26.7 Å². The topological polar surface area (TPSA) is 23.5 Å². The molecular formula is C14H25NO. The summed E-state index contributed by atoms with van der Waals surface area (Å²) < 4.78 is 0. The normalized spacial score (nSPS) is 19.9. The van der Waals surface area contributed by atoms with Gasteiger partial charge in [-0.2, -0.15) is 0 Å². The maximum Gasteiger partial charge on any atom is 0.0667 e. The Morgan fingerprint density at radius 2 is 1.44 bits per heavy atom. The molecule has 16 heavy (non-hydrogen) atoms. The summed E-state index contributed by atoms with van der Waals surface area (Å²) in [4.78, 5) is 2.16.